The molecule has 24 heavy (non-hydrogen) atoms. The van der Waals surface area contributed by atoms with E-state index in [1.165, 1.54) is 6.07 Å². The van der Waals surface area contributed by atoms with Gasteiger partial charge in [-0.2, -0.15) is 0 Å². The second-order valence-corrected chi connectivity index (χ2v) is 7.08. The van der Waals surface area contributed by atoms with Crippen molar-refractivity contribution < 1.29 is 23.4 Å². The van der Waals surface area contributed by atoms with Crippen LogP contribution in [0.4, 0.5) is 13.6 Å². The molecular weight excluding hydrogens is 318 g/mol. The number of carbonyl (C=O) groups is 1. The second kappa shape index (κ2) is 7.44. The summed E-state index contributed by atoms with van der Waals surface area (Å²) in [5.74, 6) is -1.91. The highest BCUT2D eigenvalue weighted by atomic mass is 19.2. The zero-order valence-electron chi connectivity index (χ0n) is 14.2. The Hall–Kier alpha value is -1.73. The molecule has 1 aromatic rings. The summed E-state index contributed by atoms with van der Waals surface area (Å²) in [7, 11) is 0. The number of β-amino-alcohol motifs (C(OH)–C–C–N with tert-alkyl or cyclic N) is 1. The van der Waals surface area contributed by atoms with E-state index in [-0.39, 0.29) is 12.6 Å². The van der Waals surface area contributed by atoms with Crippen molar-refractivity contribution in [2.24, 2.45) is 0 Å². The summed E-state index contributed by atoms with van der Waals surface area (Å²) in [5.41, 5.74) is -0.219. The van der Waals surface area contributed by atoms with E-state index < -0.39 is 29.4 Å². The number of likely N-dealkylation sites (tertiary alicyclic amines) is 1. The summed E-state index contributed by atoms with van der Waals surface area (Å²) in [5, 5.41) is 13.0. The van der Waals surface area contributed by atoms with Crippen molar-refractivity contribution in [3.63, 3.8) is 0 Å². The Balaban J connectivity index is 1.83. The number of rotatable bonds is 4. The number of halogens is 2. The first-order chi connectivity index (χ1) is 11.1. The van der Waals surface area contributed by atoms with Crippen LogP contribution in [0.15, 0.2) is 18.2 Å². The van der Waals surface area contributed by atoms with E-state index in [9.17, 15) is 18.7 Å². The topological polar surface area (TPSA) is 61.8 Å². The van der Waals surface area contributed by atoms with Gasteiger partial charge in [0.05, 0.1) is 6.10 Å². The standard InChI is InChI=1S/C17H24F2N2O3/c1-17(2,3)24-16(23)20-12-6-7-21(9-12)10-15(22)11-4-5-13(18)14(19)8-11/h4-5,8,12,15,22H,6-7,9-10H2,1-3H3,(H,20,23). The Kier molecular flexibility index (Phi) is 5.77. The number of nitrogens with zero attached hydrogens (tertiary/aromatic N) is 1. The second-order valence-electron chi connectivity index (χ2n) is 7.08. The SMILES string of the molecule is CC(C)(C)OC(=O)NC1CCN(CC(O)c2ccc(F)c(F)c2)C1. The highest BCUT2D eigenvalue weighted by Gasteiger charge is 2.27. The molecule has 5 nitrogen and oxygen atoms in total. The maximum atomic E-state index is 13.2. The summed E-state index contributed by atoms with van der Waals surface area (Å²) in [4.78, 5) is 13.7. The molecule has 1 aliphatic heterocycles. The smallest absolute Gasteiger partial charge is 0.407 e. The number of amides is 1. The predicted octanol–water partition coefficient (Wildman–Crippen LogP) is 2.60. The molecule has 1 heterocycles. The number of nitrogens with one attached hydrogen (secondary N) is 1. The van der Waals surface area contributed by atoms with Crippen molar-refractivity contribution >= 4 is 6.09 Å². The normalized spacial score (nSPS) is 20.0. The van der Waals surface area contributed by atoms with Crippen molar-refractivity contribution in [1.82, 2.24) is 10.2 Å². The summed E-state index contributed by atoms with van der Waals surface area (Å²) >= 11 is 0. The zero-order chi connectivity index (χ0) is 17.9. The zero-order valence-corrected chi connectivity index (χ0v) is 14.2. The predicted molar refractivity (Wildman–Crippen MR) is 85.5 cm³/mol. The van der Waals surface area contributed by atoms with Gasteiger partial charge in [0, 0.05) is 25.7 Å². The van der Waals surface area contributed by atoms with Crippen molar-refractivity contribution in [1.29, 1.82) is 0 Å². The van der Waals surface area contributed by atoms with E-state index in [0.717, 1.165) is 18.6 Å². The van der Waals surface area contributed by atoms with Crippen LogP contribution in [-0.2, 0) is 4.74 Å². The van der Waals surface area contributed by atoms with Crippen molar-refractivity contribution in [3.8, 4) is 0 Å². The molecule has 1 aromatic carbocycles. The summed E-state index contributed by atoms with van der Waals surface area (Å²) < 4.78 is 31.4. The van der Waals surface area contributed by atoms with Crippen molar-refractivity contribution in [2.75, 3.05) is 19.6 Å². The first-order valence-corrected chi connectivity index (χ1v) is 7.99. The van der Waals surface area contributed by atoms with Crippen LogP contribution in [0.5, 0.6) is 0 Å². The molecule has 0 bridgehead atoms. The van der Waals surface area contributed by atoms with E-state index in [1.54, 1.807) is 20.8 Å². The fraction of sp³-hybridized carbons (Fsp3) is 0.588. The molecule has 2 rings (SSSR count). The molecule has 2 unspecified atom stereocenters. The van der Waals surface area contributed by atoms with Crippen LogP contribution in [0.25, 0.3) is 0 Å². The molecule has 134 valence electrons. The highest BCUT2D eigenvalue weighted by molar-refractivity contribution is 5.68. The van der Waals surface area contributed by atoms with Crippen LogP contribution in [0.3, 0.4) is 0 Å². The van der Waals surface area contributed by atoms with Gasteiger partial charge in [-0.3, -0.25) is 4.90 Å². The molecular formula is C17H24F2N2O3. The fourth-order valence-electron chi connectivity index (χ4n) is 2.66. The maximum absolute atomic E-state index is 13.2. The molecule has 2 N–H and O–H groups in total. The molecule has 0 saturated carbocycles. The van der Waals surface area contributed by atoms with Gasteiger partial charge < -0.3 is 15.2 Å². The number of hydrogen-bond acceptors (Lipinski definition) is 4. The first-order valence-electron chi connectivity index (χ1n) is 7.99. The lowest BCUT2D eigenvalue weighted by Gasteiger charge is -2.23. The lowest BCUT2D eigenvalue weighted by molar-refractivity contribution is 0.0504. The van der Waals surface area contributed by atoms with E-state index in [0.29, 0.717) is 18.7 Å². The van der Waals surface area contributed by atoms with Gasteiger partial charge in [-0.25, -0.2) is 13.6 Å². The van der Waals surface area contributed by atoms with Gasteiger partial charge in [0.25, 0.3) is 0 Å². The van der Waals surface area contributed by atoms with Crippen LogP contribution >= 0.6 is 0 Å². The van der Waals surface area contributed by atoms with E-state index in [1.807, 2.05) is 4.90 Å². The number of ether oxygens (including phenoxy) is 1. The van der Waals surface area contributed by atoms with Crippen LogP contribution < -0.4 is 5.32 Å². The van der Waals surface area contributed by atoms with Gasteiger partial charge >= 0.3 is 6.09 Å². The molecule has 2 atom stereocenters. The van der Waals surface area contributed by atoms with Crippen molar-refractivity contribution in [3.05, 3.63) is 35.4 Å². The number of carbonyl (C=O) groups excluding carboxylic acids is 1. The van der Waals surface area contributed by atoms with E-state index in [4.69, 9.17) is 4.74 Å². The van der Waals surface area contributed by atoms with Gasteiger partial charge in [0.1, 0.15) is 5.60 Å². The summed E-state index contributed by atoms with van der Waals surface area (Å²) in [6.45, 7) is 6.95. The molecule has 1 fully saturated rings. The molecule has 0 aliphatic carbocycles. The number of alkyl carbamates (subject to hydrolysis) is 1. The van der Waals surface area contributed by atoms with Crippen LogP contribution in [0.1, 0.15) is 38.9 Å². The number of benzene rings is 1. The Morgan fingerprint density at radius 2 is 2.12 bits per heavy atom. The van der Waals surface area contributed by atoms with Gasteiger partial charge in [-0.05, 0) is 44.9 Å². The van der Waals surface area contributed by atoms with Crippen LogP contribution in [-0.4, -0.2) is 47.4 Å². The van der Waals surface area contributed by atoms with Crippen LogP contribution in [0.2, 0.25) is 0 Å². The average Bonchev–Trinajstić information content (AvgIpc) is 2.86. The average molecular weight is 342 g/mol. The molecule has 1 amide bonds. The Bertz CT molecular complexity index is 590. The summed E-state index contributed by atoms with van der Waals surface area (Å²) in [6.07, 6.45) is -0.639. The largest absolute Gasteiger partial charge is 0.444 e. The monoisotopic (exact) mass is 342 g/mol. The molecule has 1 aliphatic rings. The van der Waals surface area contributed by atoms with Gasteiger partial charge in [-0.15, -0.1) is 0 Å². The van der Waals surface area contributed by atoms with E-state index >= 15 is 0 Å². The first kappa shape index (κ1) is 18.6. The minimum absolute atomic E-state index is 0.0583. The fourth-order valence-corrected chi connectivity index (χ4v) is 2.66. The van der Waals surface area contributed by atoms with Crippen LogP contribution in [0, 0.1) is 11.6 Å². The number of aliphatic hydroxyl groups is 1. The Morgan fingerprint density at radius 1 is 1.42 bits per heavy atom. The summed E-state index contributed by atoms with van der Waals surface area (Å²) in [6, 6.07) is 3.32. The third-order valence-corrected chi connectivity index (χ3v) is 3.75. The molecule has 0 spiro atoms. The van der Waals surface area contributed by atoms with Gasteiger partial charge in [-0.1, -0.05) is 6.07 Å². The maximum Gasteiger partial charge on any atom is 0.407 e. The molecule has 1 saturated heterocycles. The number of aliphatic hydroxyl groups excluding tert-OH is 1. The molecule has 7 heteroatoms. The quantitative estimate of drug-likeness (QED) is 0.883. The Morgan fingerprint density at radius 3 is 2.75 bits per heavy atom. The third-order valence-electron chi connectivity index (χ3n) is 3.75. The Labute approximate surface area is 140 Å². The van der Waals surface area contributed by atoms with E-state index in [2.05, 4.69) is 5.32 Å². The lowest BCUT2D eigenvalue weighted by atomic mass is 10.1. The van der Waals surface area contributed by atoms with Gasteiger partial charge in [0.2, 0.25) is 0 Å². The third kappa shape index (κ3) is 5.42. The molecule has 0 radical (unpaired) electrons. The highest BCUT2D eigenvalue weighted by Crippen LogP contribution is 2.20. The van der Waals surface area contributed by atoms with Gasteiger partial charge in [0.15, 0.2) is 11.6 Å². The minimum atomic E-state index is -0.975. The van der Waals surface area contributed by atoms with Crippen molar-refractivity contribution in [2.45, 2.75) is 44.9 Å². The minimum Gasteiger partial charge on any atom is -0.444 e. The molecule has 0 aromatic heterocycles. The number of hydrogen-bond donors (Lipinski definition) is 2. The lowest BCUT2D eigenvalue weighted by Crippen LogP contribution is -2.40.